The second-order valence-corrected chi connectivity index (χ2v) is 5.30. The Kier molecular flexibility index (Phi) is 4.80. The number of hydrogen-bond acceptors (Lipinski definition) is 4. The van der Waals surface area contributed by atoms with Crippen molar-refractivity contribution in [1.82, 2.24) is 10.1 Å². The molecule has 1 aromatic heterocycles. The summed E-state index contributed by atoms with van der Waals surface area (Å²) in [7, 11) is 0. The molecule has 2 rings (SSSR count). The Bertz CT molecular complexity index is 536. The summed E-state index contributed by atoms with van der Waals surface area (Å²) >= 11 is 11.9. The van der Waals surface area contributed by atoms with E-state index >= 15 is 0 Å². The Labute approximate surface area is 121 Å². The van der Waals surface area contributed by atoms with E-state index in [9.17, 15) is 0 Å². The number of rotatable bonds is 5. The third-order valence-electron chi connectivity index (χ3n) is 2.69. The number of aromatic nitrogens is 2. The zero-order chi connectivity index (χ0) is 13.8. The van der Waals surface area contributed by atoms with E-state index in [-0.39, 0.29) is 6.04 Å². The van der Waals surface area contributed by atoms with Gasteiger partial charge < -0.3 is 10.3 Å². The fourth-order valence-electron chi connectivity index (χ4n) is 1.84. The Morgan fingerprint density at radius 2 is 1.95 bits per heavy atom. The zero-order valence-corrected chi connectivity index (χ0v) is 12.1. The summed E-state index contributed by atoms with van der Waals surface area (Å²) in [6.45, 7) is 2.09. The van der Waals surface area contributed by atoms with Crippen LogP contribution in [0.5, 0.6) is 0 Å². The highest BCUT2D eigenvalue weighted by Gasteiger charge is 2.12. The SMILES string of the molecule is CCCC(N)Cc1nc(-c2cc(Cl)cc(Cl)c2)no1. The van der Waals surface area contributed by atoms with Crippen molar-refractivity contribution in [3.8, 4) is 11.4 Å². The number of hydrogen-bond donors (Lipinski definition) is 1. The van der Waals surface area contributed by atoms with Gasteiger partial charge in [0.1, 0.15) is 0 Å². The van der Waals surface area contributed by atoms with Crippen LogP contribution < -0.4 is 5.73 Å². The lowest BCUT2D eigenvalue weighted by Crippen LogP contribution is -2.22. The zero-order valence-electron chi connectivity index (χ0n) is 10.6. The first kappa shape index (κ1) is 14.3. The molecule has 0 fully saturated rings. The molecule has 0 aliphatic heterocycles. The van der Waals surface area contributed by atoms with Gasteiger partial charge in [-0.3, -0.25) is 0 Å². The molecule has 1 aromatic carbocycles. The largest absolute Gasteiger partial charge is 0.339 e. The molecule has 0 saturated heterocycles. The van der Waals surface area contributed by atoms with Crippen molar-refractivity contribution in [2.75, 3.05) is 0 Å². The van der Waals surface area contributed by atoms with Gasteiger partial charge in [-0.05, 0) is 24.6 Å². The van der Waals surface area contributed by atoms with Gasteiger partial charge >= 0.3 is 0 Å². The summed E-state index contributed by atoms with van der Waals surface area (Å²) in [6.07, 6.45) is 2.54. The predicted octanol–water partition coefficient (Wildman–Crippen LogP) is 3.71. The molecule has 4 nitrogen and oxygen atoms in total. The average molecular weight is 300 g/mol. The van der Waals surface area contributed by atoms with Gasteiger partial charge in [-0.25, -0.2) is 0 Å². The van der Waals surface area contributed by atoms with Gasteiger partial charge in [0.2, 0.25) is 11.7 Å². The van der Waals surface area contributed by atoms with Gasteiger partial charge in [0.25, 0.3) is 0 Å². The van der Waals surface area contributed by atoms with Crippen molar-refractivity contribution in [2.24, 2.45) is 5.73 Å². The number of benzene rings is 1. The third kappa shape index (κ3) is 3.93. The van der Waals surface area contributed by atoms with Gasteiger partial charge in [-0.15, -0.1) is 0 Å². The van der Waals surface area contributed by atoms with E-state index in [4.69, 9.17) is 33.5 Å². The molecular formula is C13H15Cl2N3O. The van der Waals surface area contributed by atoms with Crippen LogP contribution in [0.15, 0.2) is 22.7 Å². The minimum atomic E-state index is 0.0428. The van der Waals surface area contributed by atoms with Crippen LogP contribution in [-0.4, -0.2) is 16.2 Å². The van der Waals surface area contributed by atoms with E-state index in [1.54, 1.807) is 18.2 Å². The minimum Gasteiger partial charge on any atom is -0.339 e. The topological polar surface area (TPSA) is 64.9 Å². The Balaban J connectivity index is 2.16. The number of nitrogens with zero attached hydrogens (tertiary/aromatic N) is 2. The summed E-state index contributed by atoms with van der Waals surface area (Å²) in [5.74, 6) is 1.01. The molecule has 1 unspecified atom stereocenters. The van der Waals surface area contributed by atoms with Crippen molar-refractivity contribution in [3.05, 3.63) is 34.1 Å². The van der Waals surface area contributed by atoms with Crippen LogP contribution in [0.4, 0.5) is 0 Å². The predicted molar refractivity (Wildman–Crippen MR) is 76.3 cm³/mol. The highest BCUT2D eigenvalue weighted by Crippen LogP contribution is 2.25. The first-order valence-electron chi connectivity index (χ1n) is 6.13. The first-order chi connectivity index (χ1) is 9.08. The first-order valence-corrected chi connectivity index (χ1v) is 6.88. The molecule has 102 valence electrons. The normalized spacial score (nSPS) is 12.6. The summed E-state index contributed by atoms with van der Waals surface area (Å²) in [5, 5.41) is 5.00. The fourth-order valence-corrected chi connectivity index (χ4v) is 2.36. The molecule has 1 atom stereocenters. The standard InChI is InChI=1S/C13H15Cl2N3O/c1-2-3-11(16)7-12-17-13(18-19-12)8-4-9(14)6-10(15)5-8/h4-6,11H,2-3,7,16H2,1H3. The molecule has 6 heteroatoms. The van der Waals surface area contributed by atoms with Crippen molar-refractivity contribution in [2.45, 2.75) is 32.2 Å². The van der Waals surface area contributed by atoms with Crippen LogP contribution in [0.3, 0.4) is 0 Å². The van der Waals surface area contributed by atoms with Crippen LogP contribution in [-0.2, 0) is 6.42 Å². The monoisotopic (exact) mass is 299 g/mol. The van der Waals surface area contributed by atoms with E-state index in [1.807, 2.05) is 0 Å². The van der Waals surface area contributed by atoms with Crippen molar-refractivity contribution in [1.29, 1.82) is 0 Å². The Morgan fingerprint density at radius 1 is 1.26 bits per heavy atom. The maximum Gasteiger partial charge on any atom is 0.228 e. The highest BCUT2D eigenvalue weighted by molar-refractivity contribution is 6.35. The van der Waals surface area contributed by atoms with Gasteiger partial charge in [0, 0.05) is 28.1 Å². The smallest absolute Gasteiger partial charge is 0.228 e. The summed E-state index contributed by atoms with van der Waals surface area (Å²) < 4.78 is 5.19. The van der Waals surface area contributed by atoms with E-state index in [0.717, 1.165) is 18.4 Å². The molecule has 0 radical (unpaired) electrons. The van der Waals surface area contributed by atoms with Gasteiger partial charge in [-0.1, -0.05) is 41.7 Å². The quantitative estimate of drug-likeness (QED) is 0.914. The van der Waals surface area contributed by atoms with Crippen molar-refractivity contribution in [3.63, 3.8) is 0 Å². The Morgan fingerprint density at radius 3 is 2.58 bits per heavy atom. The van der Waals surface area contributed by atoms with E-state index in [2.05, 4.69) is 17.1 Å². The molecule has 19 heavy (non-hydrogen) atoms. The second-order valence-electron chi connectivity index (χ2n) is 4.42. The summed E-state index contributed by atoms with van der Waals surface area (Å²) in [4.78, 5) is 4.31. The van der Waals surface area contributed by atoms with Gasteiger partial charge in [-0.2, -0.15) is 4.98 Å². The Hall–Kier alpha value is -1.10. The highest BCUT2D eigenvalue weighted by atomic mass is 35.5. The lowest BCUT2D eigenvalue weighted by Gasteiger charge is -2.05. The van der Waals surface area contributed by atoms with Crippen LogP contribution >= 0.6 is 23.2 Å². The van der Waals surface area contributed by atoms with Crippen LogP contribution in [0.25, 0.3) is 11.4 Å². The molecule has 0 amide bonds. The van der Waals surface area contributed by atoms with Crippen molar-refractivity contribution < 1.29 is 4.52 Å². The summed E-state index contributed by atoms with van der Waals surface area (Å²) in [6, 6.07) is 5.19. The van der Waals surface area contributed by atoms with E-state index in [1.165, 1.54) is 0 Å². The number of halogens is 2. The minimum absolute atomic E-state index is 0.0428. The molecule has 0 bridgehead atoms. The maximum absolute atomic E-state index is 5.94. The lowest BCUT2D eigenvalue weighted by molar-refractivity contribution is 0.366. The third-order valence-corrected chi connectivity index (χ3v) is 3.12. The van der Waals surface area contributed by atoms with E-state index < -0.39 is 0 Å². The van der Waals surface area contributed by atoms with Gasteiger partial charge in [0.15, 0.2) is 0 Å². The van der Waals surface area contributed by atoms with Crippen LogP contribution in [0.1, 0.15) is 25.7 Å². The van der Waals surface area contributed by atoms with E-state index in [0.29, 0.717) is 28.2 Å². The molecule has 2 aromatic rings. The van der Waals surface area contributed by atoms with Gasteiger partial charge in [0.05, 0.1) is 0 Å². The fraction of sp³-hybridized carbons (Fsp3) is 0.385. The molecule has 0 saturated carbocycles. The molecule has 0 spiro atoms. The van der Waals surface area contributed by atoms with Crippen LogP contribution in [0.2, 0.25) is 10.0 Å². The number of nitrogens with two attached hydrogens (primary N) is 1. The average Bonchev–Trinajstić information content (AvgIpc) is 2.76. The van der Waals surface area contributed by atoms with Crippen molar-refractivity contribution >= 4 is 23.2 Å². The second kappa shape index (κ2) is 6.37. The van der Waals surface area contributed by atoms with Crippen LogP contribution in [0, 0.1) is 0 Å². The molecule has 0 aliphatic rings. The maximum atomic E-state index is 5.94. The molecule has 1 heterocycles. The molecule has 0 aliphatic carbocycles. The molecular weight excluding hydrogens is 285 g/mol. The lowest BCUT2D eigenvalue weighted by atomic mass is 10.1. The molecule has 2 N–H and O–H groups in total. The summed E-state index contributed by atoms with van der Waals surface area (Å²) in [5.41, 5.74) is 6.68.